The fraction of sp³-hybridized carbons (Fsp3) is 0.400. The second-order valence-corrected chi connectivity index (χ2v) is 2.09. The molecule has 8 heavy (non-hydrogen) atoms. The Morgan fingerprint density at radius 3 is 1.88 bits per heavy atom. The number of rotatable bonds is 1. The van der Waals surface area contributed by atoms with E-state index in [4.69, 9.17) is 17.3 Å². The van der Waals surface area contributed by atoms with Crippen LogP contribution in [0.4, 0.5) is 0 Å². The third-order valence-corrected chi connectivity index (χ3v) is 1.17. The molecule has 0 rings (SSSR count). The summed E-state index contributed by atoms with van der Waals surface area (Å²) < 4.78 is 0. The number of halogens is 1. The standard InChI is InChI=1S/C5H8ClNO/c1-3(4(2)6)5(7)8/h1-2H3,(H2,7,8)/b4-3+. The molecule has 1 amide bonds. The molecule has 0 aromatic rings. The quantitative estimate of drug-likeness (QED) is 0.533. The highest BCUT2D eigenvalue weighted by Crippen LogP contribution is 2.05. The molecule has 0 saturated heterocycles. The van der Waals surface area contributed by atoms with Crippen LogP contribution in [0, 0.1) is 0 Å². The first-order chi connectivity index (χ1) is 3.55. The lowest BCUT2D eigenvalue weighted by atomic mass is 10.3. The molecule has 0 spiro atoms. The van der Waals surface area contributed by atoms with Crippen LogP contribution in [0.5, 0.6) is 0 Å². The van der Waals surface area contributed by atoms with Crippen molar-refractivity contribution in [2.24, 2.45) is 5.73 Å². The summed E-state index contributed by atoms with van der Waals surface area (Å²) in [6.07, 6.45) is 0. The van der Waals surface area contributed by atoms with Crippen molar-refractivity contribution in [1.29, 1.82) is 0 Å². The van der Waals surface area contributed by atoms with E-state index in [0.717, 1.165) is 0 Å². The van der Waals surface area contributed by atoms with E-state index in [-0.39, 0.29) is 0 Å². The Morgan fingerprint density at radius 1 is 1.50 bits per heavy atom. The molecule has 2 N–H and O–H groups in total. The van der Waals surface area contributed by atoms with E-state index in [1.807, 2.05) is 0 Å². The van der Waals surface area contributed by atoms with E-state index >= 15 is 0 Å². The summed E-state index contributed by atoms with van der Waals surface area (Å²) >= 11 is 5.40. The van der Waals surface area contributed by atoms with Gasteiger partial charge in [0.15, 0.2) is 0 Å². The number of carbonyl (C=O) groups is 1. The SMILES string of the molecule is C/C(Cl)=C(/C)C(N)=O. The number of allylic oxidation sites excluding steroid dienone is 1. The number of hydrogen-bond donors (Lipinski definition) is 1. The normalized spacial score (nSPS) is 12.9. The molecule has 0 aliphatic heterocycles. The lowest BCUT2D eigenvalue weighted by Crippen LogP contribution is -2.12. The topological polar surface area (TPSA) is 43.1 Å². The van der Waals surface area contributed by atoms with E-state index in [1.165, 1.54) is 0 Å². The Bertz CT molecular complexity index is 135. The van der Waals surface area contributed by atoms with Crippen LogP contribution >= 0.6 is 11.6 Å². The zero-order chi connectivity index (χ0) is 6.73. The minimum absolute atomic E-state index is 0.423. The van der Waals surface area contributed by atoms with Gasteiger partial charge in [0.2, 0.25) is 5.91 Å². The van der Waals surface area contributed by atoms with Crippen LogP contribution in [0.25, 0.3) is 0 Å². The lowest BCUT2D eigenvalue weighted by Gasteiger charge is -1.91. The lowest BCUT2D eigenvalue weighted by molar-refractivity contribution is -0.114. The summed E-state index contributed by atoms with van der Waals surface area (Å²) in [6, 6.07) is 0. The van der Waals surface area contributed by atoms with Gasteiger partial charge in [-0.25, -0.2) is 0 Å². The van der Waals surface area contributed by atoms with Crippen LogP contribution < -0.4 is 5.73 Å². The minimum atomic E-state index is -0.461. The highest BCUT2D eigenvalue weighted by atomic mass is 35.5. The molecule has 0 unspecified atom stereocenters. The molecule has 0 radical (unpaired) electrons. The maximum Gasteiger partial charge on any atom is 0.245 e. The molecule has 0 atom stereocenters. The maximum atomic E-state index is 10.2. The third-order valence-electron chi connectivity index (χ3n) is 0.886. The zero-order valence-electron chi connectivity index (χ0n) is 4.86. The fourth-order valence-electron chi connectivity index (χ4n) is 0.170. The molecule has 0 saturated carbocycles. The zero-order valence-corrected chi connectivity index (χ0v) is 5.62. The van der Waals surface area contributed by atoms with E-state index < -0.39 is 5.91 Å². The Kier molecular flexibility index (Phi) is 2.55. The van der Waals surface area contributed by atoms with Crippen LogP contribution in [-0.4, -0.2) is 5.91 Å². The molecule has 0 aromatic heterocycles. The number of hydrogen-bond acceptors (Lipinski definition) is 1. The van der Waals surface area contributed by atoms with Crippen molar-refractivity contribution < 1.29 is 4.79 Å². The molecule has 0 heterocycles. The van der Waals surface area contributed by atoms with Crippen molar-refractivity contribution in [3.63, 3.8) is 0 Å². The largest absolute Gasteiger partial charge is 0.366 e. The van der Waals surface area contributed by atoms with E-state index in [0.29, 0.717) is 10.6 Å². The Morgan fingerprint density at radius 2 is 1.88 bits per heavy atom. The average molecular weight is 134 g/mol. The Labute approximate surface area is 53.3 Å². The minimum Gasteiger partial charge on any atom is -0.366 e. The number of nitrogens with two attached hydrogens (primary N) is 1. The smallest absolute Gasteiger partial charge is 0.245 e. The van der Waals surface area contributed by atoms with Gasteiger partial charge in [0.1, 0.15) is 0 Å². The molecule has 46 valence electrons. The summed E-state index contributed by atoms with van der Waals surface area (Å²) in [5.74, 6) is -0.461. The van der Waals surface area contributed by atoms with Crippen LogP contribution in [-0.2, 0) is 4.79 Å². The van der Waals surface area contributed by atoms with Gasteiger partial charge in [0.25, 0.3) is 0 Å². The summed E-state index contributed by atoms with van der Waals surface area (Å²) in [7, 11) is 0. The van der Waals surface area contributed by atoms with Crippen molar-refractivity contribution in [2.75, 3.05) is 0 Å². The number of amides is 1. The highest BCUT2D eigenvalue weighted by Gasteiger charge is 1.98. The van der Waals surface area contributed by atoms with Crippen molar-refractivity contribution in [1.82, 2.24) is 0 Å². The van der Waals surface area contributed by atoms with Crippen LogP contribution in [0.3, 0.4) is 0 Å². The second-order valence-electron chi connectivity index (χ2n) is 1.52. The van der Waals surface area contributed by atoms with E-state index in [9.17, 15) is 4.79 Å². The van der Waals surface area contributed by atoms with Gasteiger partial charge in [-0.2, -0.15) is 0 Å². The molecule has 0 bridgehead atoms. The van der Waals surface area contributed by atoms with Crippen molar-refractivity contribution >= 4 is 17.5 Å². The summed E-state index contributed by atoms with van der Waals surface area (Å²) in [6.45, 7) is 3.21. The van der Waals surface area contributed by atoms with Gasteiger partial charge in [-0.1, -0.05) is 11.6 Å². The first-order valence-corrected chi connectivity index (χ1v) is 2.56. The van der Waals surface area contributed by atoms with Gasteiger partial charge in [-0.3, -0.25) is 4.79 Å². The molecule has 0 fully saturated rings. The predicted molar refractivity (Wildman–Crippen MR) is 33.4 cm³/mol. The first kappa shape index (κ1) is 7.50. The van der Waals surface area contributed by atoms with Crippen LogP contribution in [0.2, 0.25) is 0 Å². The van der Waals surface area contributed by atoms with Gasteiger partial charge in [-0.05, 0) is 13.8 Å². The van der Waals surface area contributed by atoms with Gasteiger partial charge < -0.3 is 5.73 Å². The van der Waals surface area contributed by atoms with Crippen molar-refractivity contribution in [2.45, 2.75) is 13.8 Å². The second kappa shape index (κ2) is 2.72. The van der Waals surface area contributed by atoms with Crippen LogP contribution in [0.1, 0.15) is 13.8 Å². The predicted octanol–water partition coefficient (Wildman–Crippen LogP) is 1.00. The maximum absolute atomic E-state index is 10.2. The Balaban J connectivity index is 4.23. The molecule has 0 aliphatic rings. The highest BCUT2D eigenvalue weighted by molar-refractivity contribution is 6.31. The van der Waals surface area contributed by atoms with Crippen molar-refractivity contribution in [3.8, 4) is 0 Å². The van der Waals surface area contributed by atoms with Gasteiger partial charge >= 0.3 is 0 Å². The van der Waals surface area contributed by atoms with Gasteiger partial charge in [0, 0.05) is 10.6 Å². The van der Waals surface area contributed by atoms with Gasteiger partial charge in [-0.15, -0.1) is 0 Å². The van der Waals surface area contributed by atoms with Crippen molar-refractivity contribution in [3.05, 3.63) is 10.6 Å². The first-order valence-electron chi connectivity index (χ1n) is 2.18. The van der Waals surface area contributed by atoms with Crippen LogP contribution in [0.15, 0.2) is 10.6 Å². The number of primary amides is 1. The molecule has 3 heteroatoms. The summed E-state index contributed by atoms with van der Waals surface area (Å²) in [5.41, 5.74) is 5.28. The molecule has 0 aliphatic carbocycles. The molecule has 0 aromatic carbocycles. The molecular formula is C5H8ClNO. The monoisotopic (exact) mass is 133 g/mol. The summed E-state index contributed by atoms with van der Waals surface area (Å²) in [4.78, 5) is 10.2. The molecule has 2 nitrogen and oxygen atoms in total. The van der Waals surface area contributed by atoms with E-state index in [2.05, 4.69) is 0 Å². The van der Waals surface area contributed by atoms with Gasteiger partial charge in [0.05, 0.1) is 0 Å². The van der Waals surface area contributed by atoms with E-state index in [1.54, 1.807) is 13.8 Å². The third kappa shape index (κ3) is 1.98. The Hall–Kier alpha value is -0.500. The average Bonchev–Trinajstić information content (AvgIpc) is 1.64. The fourth-order valence-corrected chi connectivity index (χ4v) is 0.263. The molecular weight excluding hydrogens is 126 g/mol. The summed E-state index contributed by atoms with van der Waals surface area (Å²) in [5, 5.41) is 0.456. The number of carbonyl (C=O) groups excluding carboxylic acids is 1.